The van der Waals surface area contributed by atoms with E-state index >= 15 is 0 Å². The fourth-order valence-corrected chi connectivity index (χ4v) is 4.44. The third-order valence-electron chi connectivity index (χ3n) is 4.40. The Morgan fingerprint density at radius 2 is 1.75 bits per heavy atom. The molecule has 142 valence electrons. The molecule has 28 heavy (non-hydrogen) atoms. The monoisotopic (exact) mass is 431 g/mol. The summed E-state index contributed by atoms with van der Waals surface area (Å²) in [6, 6.07) is 17.2. The summed E-state index contributed by atoms with van der Waals surface area (Å²) in [6.45, 7) is 1.81. The van der Waals surface area contributed by atoms with Crippen LogP contribution in [0.2, 0.25) is 10.0 Å². The lowest BCUT2D eigenvalue weighted by Gasteiger charge is -2.09. The minimum atomic E-state index is -3.76. The van der Waals surface area contributed by atoms with E-state index in [-0.39, 0.29) is 4.90 Å². The van der Waals surface area contributed by atoms with Crippen LogP contribution in [0.1, 0.15) is 5.56 Å². The number of hydrogen-bond donors (Lipinski definition) is 2. The second-order valence-corrected chi connectivity index (χ2v) is 8.83. The molecule has 8 heteroatoms. The number of aryl methyl sites for hydroxylation is 1. The van der Waals surface area contributed by atoms with E-state index in [0.29, 0.717) is 26.9 Å². The zero-order valence-corrected chi connectivity index (χ0v) is 17.0. The average Bonchev–Trinajstić information content (AvgIpc) is 3.07. The summed E-state index contributed by atoms with van der Waals surface area (Å²) in [6.07, 6.45) is 0. The van der Waals surface area contributed by atoms with Gasteiger partial charge in [0.25, 0.3) is 10.0 Å². The van der Waals surface area contributed by atoms with Crippen molar-refractivity contribution in [2.24, 2.45) is 0 Å². The zero-order valence-electron chi connectivity index (χ0n) is 14.7. The number of halogens is 2. The third kappa shape index (κ3) is 3.46. The number of rotatable bonds is 4. The highest BCUT2D eigenvalue weighted by atomic mass is 35.5. The fraction of sp³-hybridized carbons (Fsp3) is 0.0500. The van der Waals surface area contributed by atoms with Crippen molar-refractivity contribution >= 4 is 49.8 Å². The molecule has 0 amide bonds. The van der Waals surface area contributed by atoms with Crippen LogP contribution in [-0.2, 0) is 10.0 Å². The molecule has 0 saturated heterocycles. The first-order valence-corrected chi connectivity index (χ1v) is 10.6. The Morgan fingerprint density at radius 3 is 2.50 bits per heavy atom. The Morgan fingerprint density at radius 1 is 0.964 bits per heavy atom. The summed E-state index contributed by atoms with van der Waals surface area (Å²) in [4.78, 5) is 0.101. The van der Waals surface area contributed by atoms with Crippen LogP contribution in [-0.4, -0.2) is 18.6 Å². The number of fused-ring (bicyclic) bond motifs is 1. The largest absolute Gasteiger partial charge is 0.280 e. The van der Waals surface area contributed by atoms with Gasteiger partial charge in [-0.1, -0.05) is 47.5 Å². The van der Waals surface area contributed by atoms with Crippen LogP contribution in [0.4, 0.5) is 5.69 Å². The number of nitrogens with zero attached hydrogens (tertiary/aromatic N) is 1. The van der Waals surface area contributed by atoms with Crippen molar-refractivity contribution in [3.63, 3.8) is 0 Å². The Labute approximate surface area is 172 Å². The molecule has 0 radical (unpaired) electrons. The lowest BCUT2D eigenvalue weighted by atomic mass is 10.1. The SMILES string of the molecule is Cc1ccc(S(=O)(=O)Nc2ccc3c(-c4ccccc4Cl)n[nH]c3c2)cc1Cl. The van der Waals surface area contributed by atoms with Gasteiger partial charge in [-0.25, -0.2) is 8.42 Å². The molecule has 4 rings (SSSR count). The van der Waals surface area contributed by atoms with Crippen LogP contribution in [0.5, 0.6) is 0 Å². The Kier molecular flexibility index (Phi) is 4.79. The van der Waals surface area contributed by atoms with E-state index in [1.807, 2.05) is 25.1 Å². The van der Waals surface area contributed by atoms with Gasteiger partial charge in [0.15, 0.2) is 0 Å². The van der Waals surface area contributed by atoms with Gasteiger partial charge in [-0.15, -0.1) is 0 Å². The number of sulfonamides is 1. The first-order chi connectivity index (χ1) is 13.3. The first kappa shape index (κ1) is 18.8. The number of H-pyrrole nitrogens is 1. The third-order valence-corrected chi connectivity index (χ3v) is 6.51. The Balaban J connectivity index is 1.69. The minimum Gasteiger partial charge on any atom is -0.280 e. The van der Waals surface area contributed by atoms with E-state index < -0.39 is 10.0 Å². The van der Waals surface area contributed by atoms with Crippen LogP contribution in [0.3, 0.4) is 0 Å². The maximum Gasteiger partial charge on any atom is 0.261 e. The Bertz CT molecular complexity index is 1300. The van der Waals surface area contributed by atoms with Crippen LogP contribution in [0, 0.1) is 6.92 Å². The highest BCUT2D eigenvalue weighted by molar-refractivity contribution is 7.92. The predicted octanol–water partition coefficient (Wildman–Crippen LogP) is 5.65. The quantitative estimate of drug-likeness (QED) is 0.438. The summed E-state index contributed by atoms with van der Waals surface area (Å²) in [5, 5.41) is 9.11. The number of aromatic nitrogens is 2. The molecular formula is C20H15Cl2N3O2S. The fourth-order valence-electron chi connectivity index (χ4n) is 2.90. The molecular weight excluding hydrogens is 417 g/mol. The van der Waals surface area contributed by atoms with Gasteiger partial charge in [0, 0.05) is 16.0 Å². The molecule has 0 aliphatic rings. The molecule has 0 bridgehead atoms. The van der Waals surface area contributed by atoms with E-state index in [9.17, 15) is 8.42 Å². The molecule has 2 N–H and O–H groups in total. The number of nitrogens with one attached hydrogen (secondary N) is 2. The van der Waals surface area contributed by atoms with Crippen LogP contribution in [0.15, 0.2) is 65.6 Å². The molecule has 1 heterocycles. The van der Waals surface area contributed by atoms with Gasteiger partial charge in [-0.05, 0) is 48.9 Å². The van der Waals surface area contributed by atoms with Gasteiger partial charge in [-0.3, -0.25) is 9.82 Å². The standard InChI is InChI=1S/C20H15Cl2N3O2S/c1-12-6-8-14(11-18(12)22)28(26,27)25-13-7-9-16-19(10-13)23-24-20(16)15-4-2-3-5-17(15)21/h2-11,25H,1H3,(H,23,24). The van der Waals surface area contributed by atoms with E-state index in [1.54, 1.807) is 30.3 Å². The van der Waals surface area contributed by atoms with Crippen molar-refractivity contribution in [3.8, 4) is 11.3 Å². The maximum absolute atomic E-state index is 12.7. The van der Waals surface area contributed by atoms with E-state index in [0.717, 1.165) is 16.5 Å². The summed E-state index contributed by atoms with van der Waals surface area (Å²) in [7, 11) is -3.76. The lowest BCUT2D eigenvalue weighted by Crippen LogP contribution is -2.13. The van der Waals surface area contributed by atoms with Gasteiger partial charge < -0.3 is 0 Å². The first-order valence-electron chi connectivity index (χ1n) is 8.37. The molecule has 4 aromatic rings. The molecule has 0 aliphatic heterocycles. The highest BCUT2D eigenvalue weighted by Crippen LogP contribution is 2.33. The van der Waals surface area contributed by atoms with Crippen molar-refractivity contribution in [1.29, 1.82) is 0 Å². The topological polar surface area (TPSA) is 74.8 Å². The van der Waals surface area contributed by atoms with Gasteiger partial charge in [0.2, 0.25) is 0 Å². The van der Waals surface area contributed by atoms with Crippen LogP contribution < -0.4 is 4.72 Å². The zero-order chi connectivity index (χ0) is 19.9. The molecule has 0 spiro atoms. The second-order valence-electron chi connectivity index (χ2n) is 6.33. The molecule has 0 fully saturated rings. The van der Waals surface area contributed by atoms with Crippen molar-refractivity contribution in [2.45, 2.75) is 11.8 Å². The molecule has 5 nitrogen and oxygen atoms in total. The van der Waals surface area contributed by atoms with Gasteiger partial charge in [0.05, 0.1) is 21.1 Å². The van der Waals surface area contributed by atoms with Gasteiger partial charge >= 0.3 is 0 Å². The molecule has 0 atom stereocenters. The van der Waals surface area contributed by atoms with Gasteiger partial charge in [0.1, 0.15) is 5.69 Å². The van der Waals surface area contributed by atoms with Crippen LogP contribution in [0.25, 0.3) is 22.2 Å². The van der Waals surface area contributed by atoms with Crippen LogP contribution >= 0.6 is 23.2 Å². The van der Waals surface area contributed by atoms with Gasteiger partial charge in [-0.2, -0.15) is 5.10 Å². The summed E-state index contributed by atoms with van der Waals surface area (Å²) in [5.74, 6) is 0. The number of anilines is 1. The van der Waals surface area contributed by atoms with Crippen molar-refractivity contribution < 1.29 is 8.42 Å². The summed E-state index contributed by atoms with van der Waals surface area (Å²) < 4.78 is 27.9. The number of hydrogen-bond acceptors (Lipinski definition) is 3. The lowest BCUT2D eigenvalue weighted by molar-refractivity contribution is 0.601. The summed E-state index contributed by atoms with van der Waals surface area (Å²) >= 11 is 12.3. The minimum absolute atomic E-state index is 0.101. The van der Waals surface area contributed by atoms with E-state index in [4.69, 9.17) is 23.2 Å². The molecule has 3 aromatic carbocycles. The normalized spacial score (nSPS) is 11.7. The molecule has 0 unspecified atom stereocenters. The smallest absolute Gasteiger partial charge is 0.261 e. The Hall–Kier alpha value is -2.54. The molecule has 1 aromatic heterocycles. The number of aromatic amines is 1. The predicted molar refractivity (Wildman–Crippen MR) is 114 cm³/mol. The van der Waals surface area contributed by atoms with Crippen molar-refractivity contribution in [1.82, 2.24) is 10.2 Å². The molecule has 0 aliphatic carbocycles. The maximum atomic E-state index is 12.7. The van der Waals surface area contributed by atoms with Crippen molar-refractivity contribution in [2.75, 3.05) is 4.72 Å². The number of benzene rings is 3. The van der Waals surface area contributed by atoms with E-state index in [1.165, 1.54) is 12.1 Å². The second kappa shape index (κ2) is 7.13. The van der Waals surface area contributed by atoms with Crippen molar-refractivity contribution in [3.05, 3.63) is 76.3 Å². The molecule has 0 saturated carbocycles. The average molecular weight is 432 g/mol. The summed E-state index contributed by atoms with van der Waals surface area (Å²) in [5.41, 5.74) is 3.43. The van der Waals surface area contributed by atoms with E-state index in [2.05, 4.69) is 14.9 Å². The highest BCUT2D eigenvalue weighted by Gasteiger charge is 2.17.